The second-order valence-corrected chi connectivity index (χ2v) is 5.11. The van der Waals surface area contributed by atoms with E-state index in [2.05, 4.69) is 4.18 Å². The Morgan fingerprint density at radius 3 is 2.59 bits per heavy atom. The Kier molecular flexibility index (Phi) is 2.41. The van der Waals surface area contributed by atoms with E-state index in [1.54, 1.807) is 13.8 Å². The van der Waals surface area contributed by atoms with E-state index in [1.807, 2.05) is 0 Å². The zero-order valence-corrected chi connectivity index (χ0v) is 9.95. The molecule has 0 amide bonds. The van der Waals surface area contributed by atoms with Gasteiger partial charge < -0.3 is 8.92 Å². The predicted octanol–water partition coefficient (Wildman–Crippen LogP) is 1.22. The zero-order valence-electron chi connectivity index (χ0n) is 9.13. The van der Waals surface area contributed by atoms with E-state index >= 15 is 0 Å². The van der Waals surface area contributed by atoms with Gasteiger partial charge in [-0.25, -0.2) is 0 Å². The molecule has 1 aromatic carbocycles. The van der Waals surface area contributed by atoms with Crippen molar-refractivity contribution in [3.05, 3.63) is 23.8 Å². The summed E-state index contributed by atoms with van der Waals surface area (Å²) >= 11 is 0. The van der Waals surface area contributed by atoms with Crippen LogP contribution in [0.3, 0.4) is 0 Å². The third-order valence-electron chi connectivity index (χ3n) is 2.32. The number of rotatable bonds is 2. The third kappa shape index (κ3) is 2.11. The lowest BCUT2D eigenvalue weighted by atomic mass is 10.00. The molecule has 0 unspecified atom stereocenters. The summed E-state index contributed by atoms with van der Waals surface area (Å²) < 4.78 is 39.6. The summed E-state index contributed by atoms with van der Waals surface area (Å²) in [5, 5.41) is 0. The molecule has 1 heterocycles. The monoisotopic (exact) mass is 258 g/mol. The van der Waals surface area contributed by atoms with Gasteiger partial charge in [-0.15, -0.1) is 0 Å². The summed E-state index contributed by atoms with van der Waals surface area (Å²) in [5.41, 5.74) is -0.836. The lowest BCUT2D eigenvalue weighted by Gasteiger charge is -2.15. The van der Waals surface area contributed by atoms with Gasteiger partial charge in [-0.1, -0.05) is 6.07 Å². The molecule has 0 fully saturated rings. The molecule has 0 aromatic heterocycles. The number of hydrogen-bond acceptors (Lipinski definition) is 5. The van der Waals surface area contributed by atoms with Crippen LogP contribution < -0.4 is 8.92 Å². The van der Waals surface area contributed by atoms with Crippen molar-refractivity contribution in [2.24, 2.45) is 0 Å². The Balaban J connectivity index is 2.52. The Morgan fingerprint density at radius 1 is 1.35 bits per heavy atom. The molecule has 2 rings (SSSR count). The minimum Gasteiger partial charge on any atom is -0.475 e. The van der Waals surface area contributed by atoms with Crippen LogP contribution in [0.2, 0.25) is 0 Å². The van der Waals surface area contributed by atoms with E-state index in [1.165, 1.54) is 18.2 Å². The van der Waals surface area contributed by atoms with Crippen LogP contribution in [-0.4, -0.2) is 24.4 Å². The fourth-order valence-corrected chi connectivity index (χ4v) is 1.96. The third-order valence-corrected chi connectivity index (χ3v) is 2.71. The highest BCUT2D eigenvalue weighted by Gasteiger charge is 2.41. The Bertz CT molecular complexity index is 587. The lowest BCUT2D eigenvalue weighted by Crippen LogP contribution is -2.32. The van der Waals surface area contributed by atoms with Gasteiger partial charge in [0.05, 0.1) is 5.56 Å². The fourth-order valence-electron chi connectivity index (χ4n) is 1.60. The van der Waals surface area contributed by atoms with E-state index in [9.17, 15) is 13.2 Å². The number of Topliss-reactive ketones (excluding diaryl/α,β-unsaturated/α-hetero) is 1. The number of benzene rings is 1. The highest BCUT2D eigenvalue weighted by atomic mass is 32.3. The second kappa shape index (κ2) is 3.44. The lowest BCUT2D eigenvalue weighted by molar-refractivity contribution is 0.0681. The molecule has 0 bridgehead atoms. The SMILES string of the molecule is CC1(C)Oc2c(OS(=O)(=O)O)cccc2C1=O. The van der Waals surface area contributed by atoms with Crippen LogP contribution in [-0.2, 0) is 10.4 Å². The molecular weight excluding hydrogens is 248 g/mol. The maximum atomic E-state index is 11.8. The molecule has 1 aliphatic rings. The minimum atomic E-state index is -4.64. The van der Waals surface area contributed by atoms with Crippen molar-refractivity contribution in [1.29, 1.82) is 0 Å². The van der Waals surface area contributed by atoms with Crippen molar-refractivity contribution in [2.75, 3.05) is 0 Å². The molecule has 0 atom stereocenters. The second-order valence-electron chi connectivity index (χ2n) is 4.09. The van der Waals surface area contributed by atoms with Crippen LogP contribution in [0.25, 0.3) is 0 Å². The van der Waals surface area contributed by atoms with Gasteiger partial charge in [-0.2, -0.15) is 8.42 Å². The average molecular weight is 258 g/mol. The summed E-state index contributed by atoms with van der Waals surface area (Å²) in [4.78, 5) is 11.8. The molecule has 0 saturated heterocycles. The highest BCUT2D eigenvalue weighted by Crippen LogP contribution is 2.41. The van der Waals surface area contributed by atoms with E-state index < -0.39 is 16.0 Å². The summed E-state index contributed by atoms with van der Waals surface area (Å²) in [6, 6.07) is 4.24. The molecule has 0 aliphatic carbocycles. The number of fused-ring (bicyclic) bond motifs is 1. The minimum absolute atomic E-state index is 0.0279. The summed E-state index contributed by atoms with van der Waals surface area (Å²) in [6.07, 6.45) is 0. The van der Waals surface area contributed by atoms with E-state index in [4.69, 9.17) is 9.29 Å². The van der Waals surface area contributed by atoms with Crippen LogP contribution in [0, 0.1) is 0 Å². The van der Waals surface area contributed by atoms with Gasteiger partial charge >= 0.3 is 10.4 Å². The first-order valence-corrected chi connectivity index (χ1v) is 6.11. The molecule has 92 valence electrons. The number of hydrogen-bond donors (Lipinski definition) is 1. The van der Waals surface area contributed by atoms with Gasteiger partial charge in [0.15, 0.2) is 17.1 Å². The topological polar surface area (TPSA) is 89.9 Å². The largest absolute Gasteiger partial charge is 0.475 e. The quantitative estimate of drug-likeness (QED) is 0.802. The molecular formula is C10H10O6S. The Hall–Kier alpha value is -1.60. The normalized spacial score (nSPS) is 17.5. The van der Waals surface area contributed by atoms with Gasteiger partial charge in [0.25, 0.3) is 0 Å². The van der Waals surface area contributed by atoms with Crippen LogP contribution >= 0.6 is 0 Å². The van der Waals surface area contributed by atoms with Gasteiger partial charge in [0.2, 0.25) is 5.78 Å². The number of para-hydroxylation sites is 1. The highest BCUT2D eigenvalue weighted by molar-refractivity contribution is 7.81. The molecule has 0 radical (unpaired) electrons. The molecule has 0 saturated carbocycles. The van der Waals surface area contributed by atoms with E-state index in [0.717, 1.165) is 0 Å². The maximum absolute atomic E-state index is 11.8. The first kappa shape index (κ1) is 11.9. The van der Waals surface area contributed by atoms with E-state index in [-0.39, 0.29) is 22.8 Å². The fraction of sp³-hybridized carbons (Fsp3) is 0.300. The number of ether oxygens (including phenoxy) is 1. The summed E-state index contributed by atoms with van der Waals surface area (Å²) in [5.74, 6) is -0.447. The van der Waals surface area contributed by atoms with Gasteiger partial charge in [0.1, 0.15) is 0 Å². The maximum Gasteiger partial charge on any atom is 0.446 e. The van der Waals surface area contributed by atoms with Gasteiger partial charge in [-0.05, 0) is 26.0 Å². The average Bonchev–Trinajstić information content (AvgIpc) is 2.38. The molecule has 1 N–H and O–H groups in total. The van der Waals surface area contributed by atoms with Crippen LogP contribution in [0.4, 0.5) is 0 Å². The number of carbonyl (C=O) groups is 1. The van der Waals surface area contributed by atoms with Crippen molar-refractivity contribution in [3.63, 3.8) is 0 Å². The van der Waals surface area contributed by atoms with Crippen molar-refractivity contribution < 1.29 is 26.7 Å². The molecule has 17 heavy (non-hydrogen) atoms. The Morgan fingerprint density at radius 2 is 2.00 bits per heavy atom. The first-order valence-electron chi connectivity index (χ1n) is 4.74. The first-order chi connectivity index (χ1) is 7.71. The van der Waals surface area contributed by atoms with Crippen molar-refractivity contribution in [1.82, 2.24) is 0 Å². The smallest absolute Gasteiger partial charge is 0.446 e. The number of ketones is 1. The zero-order chi connectivity index (χ0) is 12.8. The van der Waals surface area contributed by atoms with Gasteiger partial charge in [0, 0.05) is 0 Å². The molecule has 6 nitrogen and oxygen atoms in total. The Labute approximate surface area is 98.1 Å². The van der Waals surface area contributed by atoms with Crippen molar-refractivity contribution >= 4 is 16.2 Å². The van der Waals surface area contributed by atoms with E-state index in [0.29, 0.717) is 0 Å². The van der Waals surface area contributed by atoms with Gasteiger partial charge in [-0.3, -0.25) is 9.35 Å². The molecule has 1 aliphatic heterocycles. The summed E-state index contributed by atoms with van der Waals surface area (Å²) in [7, 11) is -4.64. The van der Waals surface area contributed by atoms with Crippen molar-refractivity contribution in [2.45, 2.75) is 19.4 Å². The molecule has 7 heteroatoms. The molecule has 1 aromatic rings. The summed E-state index contributed by atoms with van der Waals surface area (Å²) in [6.45, 7) is 3.12. The predicted molar refractivity (Wildman–Crippen MR) is 57.7 cm³/mol. The van der Waals surface area contributed by atoms with Crippen LogP contribution in [0.1, 0.15) is 24.2 Å². The van der Waals surface area contributed by atoms with Crippen molar-refractivity contribution in [3.8, 4) is 11.5 Å². The molecule has 0 spiro atoms. The number of carbonyl (C=O) groups excluding carboxylic acids is 1. The van der Waals surface area contributed by atoms with Crippen LogP contribution in [0.5, 0.6) is 11.5 Å². The standard InChI is InChI=1S/C10H10O6S/c1-10(2)9(11)6-4-3-5-7(8(6)15-10)16-17(12,13)14/h3-5H,1-2H3,(H,12,13,14). The van der Waals surface area contributed by atoms with Crippen LogP contribution in [0.15, 0.2) is 18.2 Å².